The number of anilines is 1. The summed E-state index contributed by atoms with van der Waals surface area (Å²) in [4.78, 5) is 31.0. The number of aromatic nitrogens is 3. The molecule has 0 fully saturated rings. The zero-order valence-corrected chi connectivity index (χ0v) is 16.6. The Hall–Kier alpha value is -4.15. The van der Waals surface area contributed by atoms with Crippen molar-refractivity contribution in [3.63, 3.8) is 0 Å². The lowest BCUT2D eigenvalue weighted by Crippen LogP contribution is -2.29. The molecule has 2 aromatic carbocycles. The van der Waals surface area contributed by atoms with Crippen molar-refractivity contribution in [3.8, 4) is 5.69 Å². The lowest BCUT2D eigenvalue weighted by Gasteiger charge is -2.16. The summed E-state index contributed by atoms with van der Waals surface area (Å²) in [5.41, 5.74) is -1.36. The summed E-state index contributed by atoms with van der Waals surface area (Å²) in [6.07, 6.45) is -3.58. The van der Waals surface area contributed by atoms with Crippen molar-refractivity contribution in [1.29, 1.82) is 0 Å². The maximum Gasteiger partial charge on any atom is 0.416 e. The van der Waals surface area contributed by atoms with Crippen molar-refractivity contribution in [2.75, 3.05) is 4.90 Å². The lowest BCUT2D eigenvalue weighted by atomic mass is 10.1. The number of nitrogens with zero attached hydrogens (tertiary/aromatic N) is 4. The van der Waals surface area contributed by atoms with Gasteiger partial charge in [-0.05, 0) is 37.3 Å². The highest BCUT2D eigenvalue weighted by Crippen LogP contribution is 2.37. The molecule has 11 heteroatoms. The van der Waals surface area contributed by atoms with Gasteiger partial charge in [-0.1, -0.05) is 6.07 Å². The predicted molar refractivity (Wildman–Crippen MR) is 106 cm³/mol. The molecule has 1 aliphatic heterocycles. The van der Waals surface area contributed by atoms with Crippen molar-refractivity contribution in [1.82, 2.24) is 14.8 Å². The van der Waals surface area contributed by atoms with E-state index in [-0.39, 0.29) is 39.2 Å². The number of halogens is 5. The van der Waals surface area contributed by atoms with Gasteiger partial charge in [-0.15, -0.1) is 0 Å². The van der Waals surface area contributed by atoms with Gasteiger partial charge >= 0.3 is 6.18 Å². The Kier molecular flexibility index (Phi) is 4.35. The Morgan fingerprint density at radius 1 is 0.970 bits per heavy atom. The minimum atomic E-state index is -4.67. The molecule has 0 saturated heterocycles. The normalized spacial score (nSPS) is 13.8. The molecule has 3 heterocycles. The van der Waals surface area contributed by atoms with Crippen LogP contribution in [0.2, 0.25) is 0 Å². The van der Waals surface area contributed by atoms with Crippen LogP contribution in [0.15, 0.2) is 48.7 Å². The first-order valence-electron chi connectivity index (χ1n) is 9.47. The van der Waals surface area contributed by atoms with Crippen molar-refractivity contribution < 1.29 is 31.5 Å². The van der Waals surface area contributed by atoms with Gasteiger partial charge in [-0.2, -0.15) is 18.3 Å². The van der Waals surface area contributed by atoms with E-state index >= 15 is 0 Å². The Labute approximate surface area is 181 Å². The minimum Gasteiger partial charge on any atom is -0.268 e. The van der Waals surface area contributed by atoms with E-state index < -0.39 is 35.2 Å². The molecule has 6 nitrogen and oxygen atoms in total. The van der Waals surface area contributed by atoms with Gasteiger partial charge in [0.05, 0.1) is 33.5 Å². The SMILES string of the molecule is Cc1nn(-c2ccc(F)cc2F)c2ncc3c(c12)C(=O)N(c1cccc(C(F)(F)F)c1)C3=O. The molecule has 1 aliphatic rings. The number of alkyl halides is 3. The Morgan fingerprint density at radius 2 is 1.73 bits per heavy atom. The molecule has 0 unspecified atom stereocenters. The standard InChI is InChI=1S/C22H11F5N4O2/c1-10-17-18-14(9-28-19(17)31(29-10)16-6-5-12(23)8-15(16)24)20(32)30(21(18)33)13-4-2-3-11(7-13)22(25,26)27/h2-9H,1H3. The second-order valence-corrected chi connectivity index (χ2v) is 7.33. The Morgan fingerprint density at radius 3 is 2.42 bits per heavy atom. The molecule has 0 bridgehead atoms. The quantitative estimate of drug-likeness (QED) is 0.319. The largest absolute Gasteiger partial charge is 0.416 e. The number of carbonyl (C=O) groups is 2. The number of aryl methyl sites for hydroxylation is 1. The molecule has 0 aliphatic carbocycles. The van der Waals surface area contributed by atoms with E-state index in [9.17, 15) is 31.5 Å². The molecule has 166 valence electrons. The van der Waals surface area contributed by atoms with Crippen LogP contribution in [-0.2, 0) is 6.18 Å². The molecule has 2 aromatic heterocycles. The molecule has 0 atom stereocenters. The Bertz CT molecular complexity index is 1490. The molecule has 33 heavy (non-hydrogen) atoms. The second-order valence-electron chi connectivity index (χ2n) is 7.33. The molecular weight excluding hydrogens is 447 g/mol. The average molecular weight is 458 g/mol. The van der Waals surface area contributed by atoms with E-state index in [1.807, 2.05) is 0 Å². The van der Waals surface area contributed by atoms with Crippen LogP contribution in [0.5, 0.6) is 0 Å². The molecule has 0 radical (unpaired) electrons. The molecule has 0 spiro atoms. The fourth-order valence-corrected chi connectivity index (χ4v) is 3.84. The van der Waals surface area contributed by atoms with E-state index in [1.165, 1.54) is 13.0 Å². The van der Waals surface area contributed by atoms with Crippen LogP contribution in [0, 0.1) is 18.6 Å². The summed E-state index contributed by atoms with van der Waals surface area (Å²) in [6, 6.07) is 6.67. The molecular formula is C22H11F5N4O2. The number of fused-ring (bicyclic) bond motifs is 3. The molecule has 0 N–H and O–H groups in total. The maximum atomic E-state index is 14.4. The molecule has 5 rings (SSSR count). The number of pyridine rings is 1. The molecule has 0 saturated carbocycles. The summed E-state index contributed by atoms with van der Waals surface area (Å²) in [6.45, 7) is 1.51. The van der Waals surface area contributed by atoms with E-state index in [0.717, 1.165) is 35.1 Å². The number of hydrogen-bond acceptors (Lipinski definition) is 4. The molecule has 2 amide bonds. The maximum absolute atomic E-state index is 14.4. The van der Waals surface area contributed by atoms with Crippen molar-refractivity contribution >= 4 is 28.5 Å². The number of carbonyl (C=O) groups excluding carboxylic acids is 2. The first-order chi connectivity index (χ1) is 15.6. The zero-order valence-electron chi connectivity index (χ0n) is 16.6. The van der Waals surface area contributed by atoms with Crippen LogP contribution in [0.25, 0.3) is 16.7 Å². The monoisotopic (exact) mass is 458 g/mol. The predicted octanol–water partition coefficient (Wildman–Crippen LogP) is 4.83. The number of rotatable bonds is 2. The minimum absolute atomic E-state index is 0.0313. The first-order valence-corrected chi connectivity index (χ1v) is 9.47. The average Bonchev–Trinajstić information content (AvgIpc) is 3.21. The van der Waals surface area contributed by atoms with Gasteiger partial charge in [0.1, 0.15) is 11.5 Å². The fourth-order valence-electron chi connectivity index (χ4n) is 3.84. The van der Waals surface area contributed by atoms with Gasteiger partial charge in [-0.3, -0.25) is 9.59 Å². The number of hydrogen-bond donors (Lipinski definition) is 0. The van der Waals surface area contributed by atoms with Crippen molar-refractivity contribution in [3.05, 3.63) is 82.7 Å². The van der Waals surface area contributed by atoms with Gasteiger partial charge < -0.3 is 0 Å². The highest BCUT2D eigenvalue weighted by Gasteiger charge is 2.41. The topological polar surface area (TPSA) is 68.1 Å². The van der Waals surface area contributed by atoms with Gasteiger partial charge in [0, 0.05) is 12.3 Å². The van der Waals surface area contributed by atoms with Gasteiger partial charge in [0.15, 0.2) is 11.5 Å². The van der Waals surface area contributed by atoms with Crippen molar-refractivity contribution in [2.24, 2.45) is 0 Å². The summed E-state index contributed by atoms with van der Waals surface area (Å²) < 4.78 is 68.1. The van der Waals surface area contributed by atoms with Crippen LogP contribution >= 0.6 is 0 Å². The van der Waals surface area contributed by atoms with Gasteiger partial charge in [0.2, 0.25) is 0 Å². The highest BCUT2D eigenvalue weighted by atomic mass is 19.4. The zero-order chi connectivity index (χ0) is 23.7. The summed E-state index contributed by atoms with van der Waals surface area (Å²) in [7, 11) is 0. The van der Waals surface area contributed by atoms with Crippen LogP contribution in [0.1, 0.15) is 32.0 Å². The van der Waals surface area contributed by atoms with Gasteiger partial charge in [-0.25, -0.2) is 23.3 Å². The van der Waals surface area contributed by atoms with E-state index in [2.05, 4.69) is 10.1 Å². The number of imide groups is 1. The van der Waals surface area contributed by atoms with Crippen LogP contribution in [0.4, 0.5) is 27.6 Å². The summed E-state index contributed by atoms with van der Waals surface area (Å²) >= 11 is 0. The van der Waals surface area contributed by atoms with E-state index in [1.54, 1.807) is 0 Å². The fraction of sp³-hybridized carbons (Fsp3) is 0.0909. The smallest absolute Gasteiger partial charge is 0.268 e. The van der Waals surface area contributed by atoms with Crippen molar-refractivity contribution in [2.45, 2.75) is 13.1 Å². The lowest BCUT2D eigenvalue weighted by molar-refractivity contribution is -0.137. The van der Waals surface area contributed by atoms with E-state index in [0.29, 0.717) is 17.0 Å². The third kappa shape index (κ3) is 3.07. The number of benzene rings is 2. The van der Waals surface area contributed by atoms with Gasteiger partial charge in [0.25, 0.3) is 11.8 Å². The second kappa shape index (κ2) is 6.92. The highest BCUT2D eigenvalue weighted by molar-refractivity contribution is 6.37. The van der Waals surface area contributed by atoms with Crippen LogP contribution in [0.3, 0.4) is 0 Å². The third-order valence-electron chi connectivity index (χ3n) is 5.29. The van der Waals surface area contributed by atoms with E-state index in [4.69, 9.17) is 0 Å². The summed E-state index contributed by atoms with van der Waals surface area (Å²) in [5.74, 6) is -3.42. The van der Waals surface area contributed by atoms with Crippen LogP contribution in [-0.4, -0.2) is 26.6 Å². The van der Waals surface area contributed by atoms with Crippen LogP contribution < -0.4 is 4.90 Å². The first kappa shape index (κ1) is 20.7. The molecule has 4 aromatic rings. The summed E-state index contributed by atoms with van der Waals surface area (Å²) in [5, 5.41) is 4.34. The third-order valence-corrected chi connectivity index (χ3v) is 5.29. The number of amides is 2. The Balaban J connectivity index is 1.68.